The highest BCUT2D eigenvalue weighted by molar-refractivity contribution is 5.66. The van der Waals surface area contributed by atoms with Crippen molar-refractivity contribution in [3.8, 4) is 0 Å². The molecule has 0 aromatic carbocycles. The molecule has 0 saturated heterocycles. The van der Waals surface area contributed by atoms with Gasteiger partial charge in [-0.2, -0.15) is 0 Å². The highest BCUT2D eigenvalue weighted by atomic mass is 16.4. The van der Waals surface area contributed by atoms with E-state index in [4.69, 9.17) is 5.11 Å². The molecule has 2 N–H and O–H groups in total. The molecule has 0 aromatic rings. The van der Waals surface area contributed by atoms with Gasteiger partial charge >= 0.3 is 5.97 Å². The lowest BCUT2D eigenvalue weighted by atomic mass is 10.3. The van der Waals surface area contributed by atoms with Crippen LogP contribution in [0.2, 0.25) is 0 Å². The van der Waals surface area contributed by atoms with Crippen LogP contribution in [0.4, 0.5) is 0 Å². The molecule has 0 atom stereocenters. The van der Waals surface area contributed by atoms with Crippen molar-refractivity contribution in [2.75, 3.05) is 13.1 Å². The van der Waals surface area contributed by atoms with Crippen LogP contribution in [0.25, 0.3) is 0 Å². The van der Waals surface area contributed by atoms with Crippen LogP contribution in [-0.2, 0) is 4.79 Å². The van der Waals surface area contributed by atoms with Gasteiger partial charge in [0.1, 0.15) is 0 Å². The van der Waals surface area contributed by atoms with Crippen LogP contribution in [0.3, 0.4) is 0 Å². The van der Waals surface area contributed by atoms with Gasteiger partial charge in [0.25, 0.3) is 0 Å². The van der Waals surface area contributed by atoms with Gasteiger partial charge in [-0.3, -0.25) is 4.79 Å². The maximum absolute atomic E-state index is 10.0. The SMILES string of the molecule is CC(C)=CCNCCC(=O)O. The largest absolute Gasteiger partial charge is 0.481 e. The van der Waals surface area contributed by atoms with E-state index in [1.54, 1.807) is 0 Å². The van der Waals surface area contributed by atoms with Crippen molar-refractivity contribution in [3.63, 3.8) is 0 Å². The van der Waals surface area contributed by atoms with Gasteiger partial charge in [-0.1, -0.05) is 11.6 Å². The number of carboxylic acids is 1. The van der Waals surface area contributed by atoms with E-state index in [1.807, 2.05) is 19.9 Å². The van der Waals surface area contributed by atoms with Crippen molar-refractivity contribution in [2.45, 2.75) is 20.3 Å². The molecule has 64 valence electrons. The summed E-state index contributed by atoms with van der Waals surface area (Å²) in [5.74, 6) is -0.755. The number of allylic oxidation sites excluding steroid dienone is 1. The zero-order valence-electron chi connectivity index (χ0n) is 7.05. The predicted molar refractivity (Wildman–Crippen MR) is 44.6 cm³/mol. The Bertz CT molecular complexity index is 148. The van der Waals surface area contributed by atoms with Crippen molar-refractivity contribution in [2.24, 2.45) is 0 Å². The molecule has 3 heteroatoms. The van der Waals surface area contributed by atoms with Crippen molar-refractivity contribution < 1.29 is 9.90 Å². The summed E-state index contributed by atoms with van der Waals surface area (Å²) in [5, 5.41) is 11.3. The van der Waals surface area contributed by atoms with E-state index in [2.05, 4.69) is 5.32 Å². The average Bonchev–Trinajstić information content (AvgIpc) is 1.85. The lowest BCUT2D eigenvalue weighted by Crippen LogP contribution is -2.18. The highest BCUT2D eigenvalue weighted by Crippen LogP contribution is 1.85. The molecule has 0 amide bonds. The van der Waals surface area contributed by atoms with Crippen LogP contribution in [0.1, 0.15) is 20.3 Å². The predicted octanol–water partition coefficient (Wildman–Crippen LogP) is 1.02. The Hall–Kier alpha value is -0.830. The molecule has 0 radical (unpaired) electrons. The number of carbonyl (C=O) groups is 1. The maximum Gasteiger partial charge on any atom is 0.304 e. The average molecular weight is 157 g/mol. The van der Waals surface area contributed by atoms with Crippen molar-refractivity contribution in [1.82, 2.24) is 5.32 Å². The first-order chi connectivity index (χ1) is 5.13. The highest BCUT2D eigenvalue weighted by Gasteiger charge is 1.92. The van der Waals surface area contributed by atoms with Gasteiger partial charge in [0.15, 0.2) is 0 Å². The third kappa shape index (κ3) is 9.17. The molecule has 0 aliphatic heterocycles. The summed E-state index contributed by atoms with van der Waals surface area (Å²) in [6, 6.07) is 0. The summed E-state index contributed by atoms with van der Waals surface area (Å²) >= 11 is 0. The lowest BCUT2D eigenvalue weighted by molar-refractivity contribution is -0.136. The summed E-state index contributed by atoms with van der Waals surface area (Å²) in [5.41, 5.74) is 1.24. The van der Waals surface area contributed by atoms with E-state index in [9.17, 15) is 4.79 Å². The van der Waals surface area contributed by atoms with Crippen LogP contribution in [0, 0.1) is 0 Å². The standard InChI is InChI=1S/C8H15NO2/c1-7(2)3-5-9-6-4-8(10)11/h3,9H,4-6H2,1-2H3,(H,10,11). The van der Waals surface area contributed by atoms with Gasteiger partial charge < -0.3 is 10.4 Å². The lowest BCUT2D eigenvalue weighted by Gasteiger charge is -1.97. The zero-order valence-corrected chi connectivity index (χ0v) is 7.05. The Morgan fingerprint density at radius 1 is 1.55 bits per heavy atom. The smallest absolute Gasteiger partial charge is 0.304 e. The number of aliphatic carboxylic acids is 1. The summed E-state index contributed by atoms with van der Waals surface area (Å²) < 4.78 is 0. The Morgan fingerprint density at radius 2 is 2.18 bits per heavy atom. The number of rotatable bonds is 5. The number of nitrogens with one attached hydrogen (secondary N) is 1. The number of hydrogen-bond acceptors (Lipinski definition) is 2. The minimum atomic E-state index is -0.755. The summed E-state index contributed by atoms with van der Waals surface area (Å²) in [6.07, 6.45) is 2.22. The van der Waals surface area contributed by atoms with Gasteiger partial charge in [-0.15, -0.1) is 0 Å². The summed E-state index contributed by atoms with van der Waals surface area (Å²) in [6.45, 7) is 5.33. The van der Waals surface area contributed by atoms with E-state index in [1.165, 1.54) is 5.57 Å². The minimum absolute atomic E-state index is 0.191. The molecular weight excluding hydrogens is 142 g/mol. The molecule has 0 saturated carbocycles. The summed E-state index contributed by atoms with van der Waals surface area (Å²) in [7, 11) is 0. The first-order valence-corrected chi connectivity index (χ1v) is 3.69. The molecule has 0 aliphatic rings. The molecule has 0 rings (SSSR count). The van der Waals surface area contributed by atoms with Crippen molar-refractivity contribution >= 4 is 5.97 Å². The molecule has 3 nitrogen and oxygen atoms in total. The van der Waals surface area contributed by atoms with Gasteiger partial charge in [0.05, 0.1) is 6.42 Å². The zero-order chi connectivity index (χ0) is 8.69. The van der Waals surface area contributed by atoms with Crippen LogP contribution < -0.4 is 5.32 Å². The fraction of sp³-hybridized carbons (Fsp3) is 0.625. The van der Waals surface area contributed by atoms with E-state index < -0.39 is 5.97 Å². The van der Waals surface area contributed by atoms with Crippen LogP contribution in [0.5, 0.6) is 0 Å². The summed E-state index contributed by atoms with van der Waals surface area (Å²) in [4.78, 5) is 10.0. The van der Waals surface area contributed by atoms with E-state index in [0.29, 0.717) is 6.54 Å². The second-order valence-electron chi connectivity index (χ2n) is 2.63. The minimum Gasteiger partial charge on any atom is -0.481 e. The molecule has 0 heterocycles. The second kappa shape index (κ2) is 5.92. The van der Waals surface area contributed by atoms with Gasteiger partial charge in [-0.25, -0.2) is 0 Å². The molecule has 0 unspecified atom stereocenters. The number of carboxylic acid groups (broad SMARTS) is 1. The fourth-order valence-electron chi connectivity index (χ4n) is 0.574. The Kier molecular flexibility index (Phi) is 5.47. The number of hydrogen-bond donors (Lipinski definition) is 2. The molecule has 0 bridgehead atoms. The molecular formula is C8H15NO2. The van der Waals surface area contributed by atoms with Gasteiger partial charge in [0.2, 0.25) is 0 Å². The first kappa shape index (κ1) is 10.2. The van der Waals surface area contributed by atoms with Gasteiger partial charge in [0, 0.05) is 13.1 Å². The van der Waals surface area contributed by atoms with Crippen molar-refractivity contribution in [3.05, 3.63) is 11.6 Å². The topological polar surface area (TPSA) is 49.3 Å². The van der Waals surface area contributed by atoms with Crippen LogP contribution in [-0.4, -0.2) is 24.2 Å². The molecule has 0 spiro atoms. The quantitative estimate of drug-likeness (QED) is 0.462. The Morgan fingerprint density at radius 3 is 2.64 bits per heavy atom. The third-order valence-electron chi connectivity index (χ3n) is 1.17. The first-order valence-electron chi connectivity index (χ1n) is 3.69. The molecule has 0 fully saturated rings. The van der Waals surface area contributed by atoms with Crippen molar-refractivity contribution in [1.29, 1.82) is 0 Å². The second-order valence-corrected chi connectivity index (χ2v) is 2.63. The van der Waals surface area contributed by atoms with Gasteiger partial charge in [-0.05, 0) is 13.8 Å². The fourth-order valence-corrected chi connectivity index (χ4v) is 0.574. The molecule has 0 aromatic heterocycles. The maximum atomic E-state index is 10.0. The van der Waals surface area contributed by atoms with Crippen LogP contribution >= 0.6 is 0 Å². The molecule has 0 aliphatic carbocycles. The third-order valence-corrected chi connectivity index (χ3v) is 1.17. The monoisotopic (exact) mass is 157 g/mol. The Labute approximate surface area is 67.1 Å². The van der Waals surface area contributed by atoms with E-state index >= 15 is 0 Å². The van der Waals surface area contributed by atoms with E-state index in [0.717, 1.165) is 6.54 Å². The van der Waals surface area contributed by atoms with Crippen LogP contribution in [0.15, 0.2) is 11.6 Å². The molecule has 11 heavy (non-hydrogen) atoms. The Balaban J connectivity index is 3.15. The van der Waals surface area contributed by atoms with E-state index in [-0.39, 0.29) is 6.42 Å². The normalized spacial score (nSPS) is 9.27.